The number of rotatable bonds is 8. The Morgan fingerprint density at radius 3 is 1.95 bits per heavy atom. The summed E-state index contributed by atoms with van der Waals surface area (Å²) >= 11 is 0. The molecule has 3 aromatic carbocycles. The number of aliphatic hydroxyl groups excluding tert-OH is 2. The van der Waals surface area contributed by atoms with E-state index >= 15 is 0 Å². The molecule has 0 saturated heterocycles. The van der Waals surface area contributed by atoms with Gasteiger partial charge in [0.2, 0.25) is 0 Å². The van der Waals surface area contributed by atoms with Gasteiger partial charge >= 0.3 is 0 Å². The monoisotopic (exact) mass is 770 g/mol. The summed E-state index contributed by atoms with van der Waals surface area (Å²) in [7, 11) is 0. The third-order valence-electron chi connectivity index (χ3n) is 7.12. The van der Waals surface area contributed by atoms with E-state index in [9.17, 15) is 10.2 Å². The molecular weight excluding hydrogens is 721 g/mol. The van der Waals surface area contributed by atoms with Gasteiger partial charge in [-0.1, -0.05) is 89.1 Å². The van der Waals surface area contributed by atoms with Crippen molar-refractivity contribution in [2.45, 2.75) is 88.2 Å². The molecule has 1 unspecified atom stereocenters. The molecule has 0 aliphatic carbocycles. The second-order valence-electron chi connectivity index (χ2n) is 12.8. The second-order valence-corrected chi connectivity index (χ2v) is 12.8. The number of aromatic nitrogens is 2. The van der Waals surface area contributed by atoms with Gasteiger partial charge in [-0.2, -0.15) is 0 Å². The zero-order valence-electron chi connectivity index (χ0n) is 28.0. The van der Waals surface area contributed by atoms with Gasteiger partial charge in [0.15, 0.2) is 0 Å². The Labute approximate surface area is 279 Å². The minimum atomic E-state index is -0.501. The van der Waals surface area contributed by atoms with Crippen molar-refractivity contribution in [3.05, 3.63) is 106 Å². The van der Waals surface area contributed by atoms with E-state index in [1.54, 1.807) is 6.08 Å². The van der Waals surface area contributed by atoms with E-state index in [1.807, 2.05) is 20.0 Å². The Morgan fingerprint density at radius 2 is 1.41 bits per heavy atom. The fourth-order valence-electron chi connectivity index (χ4n) is 5.52. The number of aliphatic hydroxyl groups is 2. The molecule has 1 heterocycles. The zero-order valence-corrected chi connectivity index (χ0v) is 30.4. The summed E-state index contributed by atoms with van der Waals surface area (Å²) in [5.41, 5.74) is 13.1. The Hall–Kier alpha value is -3.11. The van der Waals surface area contributed by atoms with E-state index in [0.29, 0.717) is 30.4 Å². The van der Waals surface area contributed by atoms with Crippen LogP contribution < -0.4 is 0 Å². The topological polar surface area (TPSA) is 66.2 Å². The summed E-state index contributed by atoms with van der Waals surface area (Å²) in [5.74, 6) is 1.20. The van der Waals surface area contributed by atoms with E-state index in [1.165, 1.54) is 27.8 Å². The van der Waals surface area contributed by atoms with Crippen molar-refractivity contribution >= 4 is 0 Å². The number of aryl methyl sites for hydroxylation is 6. The number of benzene rings is 3. The molecule has 2 N–H and O–H groups in total. The third kappa shape index (κ3) is 10.8. The number of nitrogens with zero attached hydrogens (tertiary/aromatic N) is 2. The van der Waals surface area contributed by atoms with Crippen LogP contribution in [-0.2, 0) is 20.1 Å². The van der Waals surface area contributed by atoms with Crippen LogP contribution in [0.1, 0.15) is 73.9 Å². The van der Waals surface area contributed by atoms with Gasteiger partial charge in [0.1, 0.15) is 0 Å². The molecule has 1 atom stereocenters. The first-order valence-electron chi connectivity index (χ1n) is 15.3. The zero-order chi connectivity index (χ0) is 31.8. The fraction of sp³-hybridized carbons (Fsp3) is 0.385. The van der Waals surface area contributed by atoms with Crippen molar-refractivity contribution in [3.8, 4) is 33.8 Å². The Morgan fingerprint density at radius 1 is 0.818 bits per heavy atom. The van der Waals surface area contributed by atoms with Gasteiger partial charge in [0.05, 0.1) is 23.3 Å². The van der Waals surface area contributed by atoms with Crippen LogP contribution in [0.4, 0.5) is 0 Å². The Bertz CT molecular complexity index is 1510. The summed E-state index contributed by atoms with van der Waals surface area (Å²) in [6.07, 6.45) is 4.32. The normalized spacial score (nSPS) is 12.1. The minimum Gasteiger partial charge on any atom is -0.513 e. The molecule has 0 aliphatic rings. The summed E-state index contributed by atoms with van der Waals surface area (Å²) in [6, 6.07) is 20.7. The third-order valence-corrected chi connectivity index (χ3v) is 7.12. The SMILES string of the molecule is CC(C)CC(O)=CC(O)CC(C)C.Cc1[c-]c(-c2ncc(-c3c(C)cccc3C)nc2-c2cc(C)cc(C)c2)cc(C)c1.[Ir]. The molecule has 4 nitrogen and oxygen atoms in total. The van der Waals surface area contributed by atoms with Crippen molar-refractivity contribution in [2.75, 3.05) is 0 Å². The molecule has 237 valence electrons. The van der Waals surface area contributed by atoms with Crippen molar-refractivity contribution in [1.82, 2.24) is 9.97 Å². The molecule has 0 amide bonds. The van der Waals surface area contributed by atoms with Crippen LogP contribution in [0.5, 0.6) is 0 Å². The van der Waals surface area contributed by atoms with Crippen molar-refractivity contribution in [3.63, 3.8) is 0 Å². The minimum absolute atomic E-state index is 0. The van der Waals surface area contributed by atoms with E-state index in [-0.39, 0.29) is 20.1 Å². The predicted octanol–water partition coefficient (Wildman–Crippen LogP) is 10.0. The van der Waals surface area contributed by atoms with Crippen molar-refractivity contribution < 1.29 is 30.3 Å². The van der Waals surface area contributed by atoms with Gasteiger partial charge in [-0.3, -0.25) is 4.98 Å². The maximum Gasteiger partial charge on any atom is 0.0911 e. The molecule has 1 radical (unpaired) electrons. The molecule has 0 aliphatic heterocycles. The Balaban J connectivity index is 0.000000412. The van der Waals surface area contributed by atoms with Gasteiger partial charge in [-0.05, 0) is 68.7 Å². The summed E-state index contributed by atoms with van der Waals surface area (Å²) in [4.78, 5) is 10.1. The van der Waals surface area contributed by atoms with E-state index in [2.05, 4.69) is 110 Å². The number of allylic oxidation sites excluding steroid dienone is 1. The molecule has 4 rings (SSSR count). The maximum absolute atomic E-state index is 9.47. The van der Waals surface area contributed by atoms with Crippen LogP contribution in [0.25, 0.3) is 33.8 Å². The largest absolute Gasteiger partial charge is 0.513 e. The van der Waals surface area contributed by atoms with E-state index < -0.39 is 6.10 Å². The molecule has 0 bridgehead atoms. The standard InChI is InChI=1S/C28H27N2.C11H22O2.Ir/c1-17-10-18(2)13-23(12-17)27-28(24-14-19(3)11-20(4)15-24)30-25(16-29-27)26-21(5)8-7-9-22(26)6;1-8(2)5-10(12)7-11(13)6-9(3)4;/h7-12,14-16H,1-6H3;7-10,12-13H,5-6H2,1-4H3;/q-1;;. The molecule has 5 heteroatoms. The van der Waals surface area contributed by atoms with Crippen LogP contribution in [-0.4, -0.2) is 26.3 Å². The number of hydrogen-bond donors (Lipinski definition) is 2. The Kier molecular flexibility index (Phi) is 14.2. The molecule has 0 saturated carbocycles. The molecular formula is C39H49IrN2O2-. The van der Waals surface area contributed by atoms with E-state index in [4.69, 9.17) is 9.97 Å². The maximum atomic E-state index is 9.47. The number of hydrogen-bond acceptors (Lipinski definition) is 4. The van der Waals surface area contributed by atoms with Gasteiger partial charge in [-0.25, -0.2) is 0 Å². The average Bonchev–Trinajstić information content (AvgIpc) is 2.86. The predicted molar refractivity (Wildman–Crippen MR) is 181 cm³/mol. The average molecular weight is 770 g/mol. The first-order valence-corrected chi connectivity index (χ1v) is 15.3. The van der Waals surface area contributed by atoms with Gasteiger partial charge in [0.25, 0.3) is 0 Å². The van der Waals surface area contributed by atoms with Crippen LogP contribution in [0.3, 0.4) is 0 Å². The van der Waals surface area contributed by atoms with E-state index in [0.717, 1.165) is 39.3 Å². The molecule has 0 spiro atoms. The fourth-order valence-corrected chi connectivity index (χ4v) is 5.52. The van der Waals surface area contributed by atoms with Crippen molar-refractivity contribution in [1.29, 1.82) is 0 Å². The molecule has 4 aromatic rings. The van der Waals surface area contributed by atoms with Crippen LogP contribution in [0.2, 0.25) is 0 Å². The smallest absolute Gasteiger partial charge is 0.0911 e. The van der Waals surface area contributed by atoms with Crippen molar-refractivity contribution in [2.24, 2.45) is 11.8 Å². The molecule has 1 aromatic heterocycles. The first kappa shape index (κ1) is 37.1. The van der Waals surface area contributed by atoms with Crippen LogP contribution >= 0.6 is 0 Å². The quantitative estimate of drug-likeness (QED) is 0.138. The summed E-state index contributed by atoms with van der Waals surface area (Å²) < 4.78 is 0. The van der Waals surface area contributed by atoms with Gasteiger partial charge in [-0.15, -0.1) is 34.9 Å². The van der Waals surface area contributed by atoms with Crippen LogP contribution in [0, 0.1) is 59.4 Å². The first-order chi connectivity index (χ1) is 20.2. The second kappa shape index (κ2) is 16.8. The summed E-state index contributed by atoms with van der Waals surface area (Å²) in [5, 5.41) is 18.9. The van der Waals surface area contributed by atoms with Crippen LogP contribution in [0.15, 0.2) is 66.6 Å². The molecule has 44 heavy (non-hydrogen) atoms. The summed E-state index contributed by atoms with van der Waals surface area (Å²) in [6.45, 7) is 20.9. The van der Waals surface area contributed by atoms with Gasteiger partial charge in [0, 0.05) is 44.0 Å². The molecule has 0 fully saturated rings. The van der Waals surface area contributed by atoms with Gasteiger partial charge < -0.3 is 15.2 Å².